The molecular formula is C13H22N2O2. The highest BCUT2D eigenvalue weighted by atomic mass is 16.5. The first-order chi connectivity index (χ1) is 8.27. The second kappa shape index (κ2) is 6.17. The zero-order valence-corrected chi connectivity index (χ0v) is 10.8. The average Bonchev–Trinajstić information content (AvgIpc) is 2.67. The lowest BCUT2D eigenvalue weighted by molar-refractivity contribution is 0.107. The molecule has 4 nitrogen and oxygen atoms in total. The molecule has 1 atom stereocenters. The molecule has 1 aromatic heterocycles. The van der Waals surface area contributed by atoms with E-state index in [1.807, 2.05) is 13.8 Å². The fourth-order valence-electron chi connectivity index (χ4n) is 2.28. The van der Waals surface area contributed by atoms with Gasteiger partial charge in [-0.25, -0.2) is 0 Å². The standard InChI is InChI=1S/C13H22N2O2/c1-10-13(11(2)17-15-10)9-16-8-6-12-5-3-4-7-14-12/h12,14H,3-9H2,1-2H3. The summed E-state index contributed by atoms with van der Waals surface area (Å²) < 4.78 is 10.8. The van der Waals surface area contributed by atoms with Gasteiger partial charge >= 0.3 is 0 Å². The molecule has 1 aliphatic rings. The third kappa shape index (κ3) is 3.54. The van der Waals surface area contributed by atoms with Crippen molar-refractivity contribution < 1.29 is 9.26 Å². The van der Waals surface area contributed by atoms with Crippen LogP contribution in [0.5, 0.6) is 0 Å². The van der Waals surface area contributed by atoms with Gasteiger partial charge in [-0.05, 0) is 39.7 Å². The molecule has 0 amide bonds. The summed E-state index contributed by atoms with van der Waals surface area (Å²) in [5.41, 5.74) is 2.04. The normalized spacial score (nSPS) is 20.7. The van der Waals surface area contributed by atoms with Crippen molar-refractivity contribution in [3.05, 3.63) is 17.0 Å². The summed E-state index contributed by atoms with van der Waals surface area (Å²) in [6.07, 6.45) is 5.05. The summed E-state index contributed by atoms with van der Waals surface area (Å²) in [6, 6.07) is 0.647. The molecule has 4 heteroatoms. The Hall–Kier alpha value is -0.870. The Balaban J connectivity index is 1.66. The highest BCUT2D eigenvalue weighted by Crippen LogP contribution is 2.14. The van der Waals surface area contributed by atoms with E-state index >= 15 is 0 Å². The van der Waals surface area contributed by atoms with Gasteiger partial charge in [0.05, 0.1) is 12.3 Å². The third-order valence-electron chi connectivity index (χ3n) is 3.45. The number of piperidine rings is 1. The van der Waals surface area contributed by atoms with Crippen LogP contribution in [-0.4, -0.2) is 24.4 Å². The summed E-state index contributed by atoms with van der Waals surface area (Å²) in [4.78, 5) is 0. The van der Waals surface area contributed by atoms with Crippen LogP contribution in [-0.2, 0) is 11.3 Å². The zero-order valence-electron chi connectivity index (χ0n) is 10.8. The third-order valence-corrected chi connectivity index (χ3v) is 3.45. The number of nitrogens with one attached hydrogen (secondary N) is 1. The number of hydrogen-bond donors (Lipinski definition) is 1. The topological polar surface area (TPSA) is 47.3 Å². The van der Waals surface area contributed by atoms with E-state index in [4.69, 9.17) is 9.26 Å². The fraction of sp³-hybridized carbons (Fsp3) is 0.769. The molecule has 0 aromatic carbocycles. The summed E-state index contributed by atoms with van der Waals surface area (Å²) in [5, 5.41) is 7.44. The van der Waals surface area contributed by atoms with Crippen LogP contribution in [0, 0.1) is 13.8 Å². The SMILES string of the molecule is Cc1noc(C)c1COCCC1CCCCN1. The number of aryl methyl sites for hydroxylation is 2. The molecule has 0 bridgehead atoms. The molecule has 1 N–H and O–H groups in total. The number of ether oxygens (including phenoxy) is 1. The lowest BCUT2D eigenvalue weighted by atomic mass is 10.0. The van der Waals surface area contributed by atoms with E-state index in [1.54, 1.807) is 0 Å². The Morgan fingerprint density at radius 2 is 2.29 bits per heavy atom. The van der Waals surface area contributed by atoms with Gasteiger partial charge in [-0.15, -0.1) is 0 Å². The van der Waals surface area contributed by atoms with Gasteiger partial charge in [0.25, 0.3) is 0 Å². The Bertz CT molecular complexity index is 324. The maximum atomic E-state index is 5.70. The second-order valence-corrected chi connectivity index (χ2v) is 4.79. The zero-order chi connectivity index (χ0) is 12.1. The van der Waals surface area contributed by atoms with Crippen molar-refractivity contribution in [3.63, 3.8) is 0 Å². The van der Waals surface area contributed by atoms with Crippen molar-refractivity contribution in [2.24, 2.45) is 0 Å². The molecule has 1 fully saturated rings. The molecule has 96 valence electrons. The first-order valence-electron chi connectivity index (χ1n) is 6.50. The first kappa shape index (κ1) is 12.6. The van der Waals surface area contributed by atoms with Crippen molar-refractivity contribution in [1.82, 2.24) is 10.5 Å². The molecule has 0 radical (unpaired) electrons. The van der Waals surface area contributed by atoms with Crippen LogP contribution in [0.15, 0.2) is 4.52 Å². The molecule has 17 heavy (non-hydrogen) atoms. The number of nitrogens with zero attached hydrogens (tertiary/aromatic N) is 1. The van der Waals surface area contributed by atoms with Crippen molar-refractivity contribution in [2.45, 2.75) is 52.2 Å². The van der Waals surface area contributed by atoms with E-state index in [0.717, 1.165) is 36.6 Å². The predicted octanol–water partition coefficient (Wildman–Crippen LogP) is 2.34. The largest absolute Gasteiger partial charge is 0.377 e. The van der Waals surface area contributed by atoms with Crippen molar-refractivity contribution in [1.29, 1.82) is 0 Å². The van der Waals surface area contributed by atoms with E-state index in [2.05, 4.69) is 10.5 Å². The molecule has 0 saturated carbocycles. The maximum Gasteiger partial charge on any atom is 0.139 e. The molecule has 1 aromatic rings. The maximum absolute atomic E-state index is 5.70. The van der Waals surface area contributed by atoms with E-state index in [-0.39, 0.29) is 0 Å². The minimum absolute atomic E-state index is 0.619. The molecule has 1 saturated heterocycles. The van der Waals surface area contributed by atoms with Crippen LogP contribution < -0.4 is 5.32 Å². The molecule has 0 spiro atoms. The highest BCUT2D eigenvalue weighted by molar-refractivity contribution is 5.19. The van der Waals surface area contributed by atoms with Gasteiger partial charge in [-0.2, -0.15) is 0 Å². The summed E-state index contributed by atoms with van der Waals surface area (Å²) >= 11 is 0. The number of hydrogen-bond acceptors (Lipinski definition) is 4. The van der Waals surface area contributed by atoms with E-state index in [1.165, 1.54) is 19.3 Å². The first-order valence-corrected chi connectivity index (χ1v) is 6.50. The number of aromatic nitrogens is 1. The Labute approximate surface area is 103 Å². The van der Waals surface area contributed by atoms with Crippen LogP contribution in [0.2, 0.25) is 0 Å². The van der Waals surface area contributed by atoms with Crippen LogP contribution in [0.3, 0.4) is 0 Å². The van der Waals surface area contributed by atoms with Crippen LogP contribution in [0.4, 0.5) is 0 Å². The quantitative estimate of drug-likeness (QED) is 0.800. The van der Waals surface area contributed by atoms with E-state index in [0.29, 0.717) is 12.6 Å². The Morgan fingerprint density at radius 3 is 2.94 bits per heavy atom. The average molecular weight is 238 g/mol. The molecule has 1 aliphatic heterocycles. The molecule has 2 rings (SSSR count). The van der Waals surface area contributed by atoms with E-state index in [9.17, 15) is 0 Å². The van der Waals surface area contributed by atoms with Gasteiger partial charge in [-0.1, -0.05) is 11.6 Å². The summed E-state index contributed by atoms with van der Waals surface area (Å²) in [5.74, 6) is 0.873. The highest BCUT2D eigenvalue weighted by Gasteiger charge is 2.13. The van der Waals surface area contributed by atoms with Gasteiger partial charge in [0.15, 0.2) is 0 Å². The monoisotopic (exact) mass is 238 g/mol. The Morgan fingerprint density at radius 1 is 1.41 bits per heavy atom. The van der Waals surface area contributed by atoms with Gasteiger partial charge in [0.1, 0.15) is 5.76 Å². The van der Waals surface area contributed by atoms with Crippen molar-refractivity contribution in [3.8, 4) is 0 Å². The lowest BCUT2D eigenvalue weighted by Crippen LogP contribution is -2.34. The van der Waals surface area contributed by atoms with Crippen LogP contribution in [0.25, 0.3) is 0 Å². The van der Waals surface area contributed by atoms with Crippen molar-refractivity contribution in [2.75, 3.05) is 13.2 Å². The fourth-order valence-corrected chi connectivity index (χ4v) is 2.28. The second-order valence-electron chi connectivity index (χ2n) is 4.79. The Kier molecular flexibility index (Phi) is 4.57. The summed E-state index contributed by atoms with van der Waals surface area (Å²) in [6.45, 7) is 6.48. The van der Waals surface area contributed by atoms with E-state index < -0.39 is 0 Å². The minimum atomic E-state index is 0.619. The lowest BCUT2D eigenvalue weighted by Gasteiger charge is -2.23. The summed E-state index contributed by atoms with van der Waals surface area (Å²) in [7, 11) is 0. The van der Waals surface area contributed by atoms with Gasteiger partial charge in [0, 0.05) is 18.2 Å². The smallest absolute Gasteiger partial charge is 0.139 e. The van der Waals surface area contributed by atoms with Gasteiger partial charge < -0.3 is 14.6 Å². The van der Waals surface area contributed by atoms with Crippen molar-refractivity contribution >= 4 is 0 Å². The predicted molar refractivity (Wildman–Crippen MR) is 65.9 cm³/mol. The molecule has 1 unspecified atom stereocenters. The van der Waals surface area contributed by atoms with Gasteiger partial charge in [0.2, 0.25) is 0 Å². The molecule has 2 heterocycles. The molecule has 0 aliphatic carbocycles. The van der Waals surface area contributed by atoms with Gasteiger partial charge in [-0.3, -0.25) is 0 Å². The minimum Gasteiger partial charge on any atom is -0.377 e. The number of rotatable bonds is 5. The van der Waals surface area contributed by atoms with Crippen LogP contribution >= 0.6 is 0 Å². The molecular weight excluding hydrogens is 216 g/mol. The van der Waals surface area contributed by atoms with Crippen LogP contribution in [0.1, 0.15) is 42.7 Å².